The molecule has 24 heavy (non-hydrogen) atoms. The van der Waals surface area contributed by atoms with Crippen molar-refractivity contribution in [1.82, 2.24) is 0 Å². The Morgan fingerprint density at radius 1 is 1.50 bits per heavy atom. The molecule has 1 aliphatic heterocycles. The molecule has 0 amide bonds. The van der Waals surface area contributed by atoms with E-state index in [-0.39, 0.29) is 12.8 Å². The third kappa shape index (κ3) is 4.91. The van der Waals surface area contributed by atoms with Crippen LogP contribution in [0.4, 0.5) is 5.69 Å². The molecule has 1 unspecified atom stereocenters. The molecule has 0 saturated carbocycles. The molecular formula is C18H26N4O2. The van der Waals surface area contributed by atoms with Gasteiger partial charge in [0.2, 0.25) is 0 Å². The first-order valence-corrected chi connectivity index (χ1v) is 8.27. The molecule has 1 aromatic carbocycles. The zero-order valence-corrected chi connectivity index (χ0v) is 14.1. The lowest BCUT2D eigenvalue weighted by atomic mass is 10.0. The fourth-order valence-electron chi connectivity index (χ4n) is 2.61. The van der Waals surface area contributed by atoms with Crippen LogP contribution >= 0.6 is 0 Å². The van der Waals surface area contributed by atoms with Crippen LogP contribution in [0.2, 0.25) is 0 Å². The maximum Gasteiger partial charge on any atom is 0.148 e. The molecular weight excluding hydrogens is 304 g/mol. The maximum atomic E-state index is 9.03. The highest BCUT2D eigenvalue weighted by molar-refractivity contribution is 6.11. The molecule has 1 aromatic rings. The van der Waals surface area contributed by atoms with Crippen molar-refractivity contribution < 1.29 is 9.84 Å². The van der Waals surface area contributed by atoms with Crippen LogP contribution in [0.25, 0.3) is 5.57 Å². The Balaban J connectivity index is 2.21. The number of allylic oxidation sites excluding steroid dienone is 1. The molecule has 5 N–H and O–H groups in total. The number of anilines is 1. The van der Waals surface area contributed by atoms with Gasteiger partial charge in [0.1, 0.15) is 6.23 Å². The molecule has 0 bridgehead atoms. The summed E-state index contributed by atoms with van der Waals surface area (Å²) in [4.78, 5) is 4.48. The highest BCUT2D eigenvalue weighted by Crippen LogP contribution is 2.23. The highest BCUT2D eigenvalue weighted by Gasteiger charge is 2.12. The number of benzene rings is 1. The largest absolute Gasteiger partial charge is 0.404 e. The van der Waals surface area contributed by atoms with Crippen LogP contribution in [0.1, 0.15) is 37.3 Å². The summed E-state index contributed by atoms with van der Waals surface area (Å²) in [7, 11) is 0. The zero-order chi connectivity index (χ0) is 17.4. The fourth-order valence-corrected chi connectivity index (χ4v) is 2.61. The van der Waals surface area contributed by atoms with Crippen molar-refractivity contribution in [3.63, 3.8) is 0 Å². The molecule has 0 radical (unpaired) electrons. The molecule has 0 aromatic heterocycles. The Kier molecular flexibility index (Phi) is 6.96. The number of nitrogens with two attached hydrogens (primary N) is 1. The van der Waals surface area contributed by atoms with Crippen LogP contribution in [0, 0.1) is 5.41 Å². The normalized spacial score (nSPS) is 18.8. The summed E-state index contributed by atoms with van der Waals surface area (Å²) in [5.74, 6) is 0. The Morgan fingerprint density at radius 3 is 2.96 bits per heavy atom. The van der Waals surface area contributed by atoms with Crippen molar-refractivity contribution in [1.29, 1.82) is 5.41 Å². The number of rotatable bonds is 7. The van der Waals surface area contributed by atoms with Gasteiger partial charge in [0.05, 0.1) is 6.61 Å². The third-order valence-corrected chi connectivity index (χ3v) is 3.90. The first-order chi connectivity index (χ1) is 11.7. The van der Waals surface area contributed by atoms with Gasteiger partial charge in [-0.3, -0.25) is 4.99 Å². The molecule has 1 aliphatic rings. The molecule has 0 aliphatic carbocycles. The average Bonchev–Trinajstić information content (AvgIpc) is 2.61. The van der Waals surface area contributed by atoms with E-state index < -0.39 is 0 Å². The molecule has 1 saturated heterocycles. The Morgan fingerprint density at radius 2 is 2.33 bits per heavy atom. The van der Waals surface area contributed by atoms with E-state index in [1.807, 2.05) is 18.2 Å². The van der Waals surface area contributed by atoms with Crippen LogP contribution in [-0.4, -0.2) is 43.0 Å². The lowest BCUT2D eigenvalue weighted by Crippen LogP contribution is -2.16. The second kappa shape index (κ2) is 9.20. The van der Waals surface area contributed by atoms with Crippen LogP contribution in [0.5, 0.6) is 0 Å². The van der Waals surface area contributed by atoms with Crippen molar-refractivity contribution in [2.24, 2.45) is 10.7 Å². The second-order valence-electron chi connectivity index (χ2n) is 5.76. The van der Waals surface area contributed by atoms with Gasteiger partial charge in [0.25, 0.3) is 0 Å². The van der Waals surface area contributed by atoms with E-state index in [1.54, 1.807) is 13.1 Å². The van der Waals surface area contributed by atoms with Crippen LogP contribution in [0.15, 0.2) is 29.4 Å². The summed E-state index contributed by atoms with van der Waals surface area (Å²) >= 11 is 0. The predicted molar refractivity (Wildman–Crippen MR) is 98.8 cm³/mol. The lowest BCUT2D eigenvalue weighted by Gasteiger charge is -2.18. The van der Waals surface area contributed by atoms with E-state index >= 15 is 0 Å². The SMILES string of the molecule is CC(=N)c1ccc(C(=C/N)/C=N/C2CCCCO2)cc1NCCO. The van der Waals surface area contributed by atoms with Gasteiger partial charge in [0.15, 0.2) is 0 Å². The summed E-state index contributed by atoms with van der Waals surface area (Å²) in [6, 6.07) is 5.73. The van der Waals surface area contributed by atoms with Crippen molar-refractivity contribution in [3.8, 4) is 0 Å². The highest BCUT2D eigenvalue weighted by atomic mass is 16.5. The number of nitrogens with one attached hydrogen (secondary N) is 2. The van der Waals surface area contributed by atoms with Gasteiger partial charge >= 0.3 is 0 Å². The summed E-state index contributed by atoms with van der Waals surface area (Å²) in [6.07, 6.45) is 6.34. The number of aliphatic hydroxyl groups excluding tert-OH is 1. The van der Waals surface area contributed by atoms with Gasteiger partial charge < -0.3 is 26.3 Å². The molecule has 130 valence electrons. The van der Waals surface area contributed by atoms with E-state index in [2.05, 4.69) is 10.3 Å². The topological polar surface area (TPSA) is 104 Å². The molecule has 1 atom stereocenters. The van der Waals surface area contributed by atoms with Crippen LogP contribution in [0.3, 0.4) is 0 Å². The molecule has 1 heterocycles. The zero-order valence-electron chi connectivity index (χ0n) is 14.1. The minimum Gasteiger partial charge on any atom is -0.404 e. The first-order valence-electron chi connectivity index (χ1n) is 8.27. The van der Waals surface area contributed by atoms with Crippen molar-refractivity contribution >= 4 is 23.2 Å². The lowest BCUT2D eigenvalue weighted by molar-refractivity contribution is 0.0227. The molecule has 0 spiro atoms. The van der Waals surface area contributed by atoms with Crippen molar-refractivity contribution in [3.05, 3.63) is 35.5 Å². The van der Waals surface area contributed by atoms with Crippen LogP contribution in [-0.2, 0) is 4.74 Å². The number of aliphatic imine (C=N–C) groups is 1. The number of hydrogen-bond donors (Lipinski definition) is 4. The summed E-state index contributed by atoms with van der Waals surface area (Å²) < 4.78 is 5.60. The number of ether oxygens (including phenoxy) is 1. The van der Waals surface area contributed by atoms with Gasteiger partial charge in [-0.25, -0.2) is 0 Å². The predicted octanol–water partition coefficient (Wildman–Crippen LogP) is 2.38. The minimum atomic E-state index is -0.0937. The maximum absolute atomic E-state index is 9.03. The van der Waals surface area contributed by atoms with Gasteiger partial charge in [-0.1, -0.05) is 12.1 Å². The smallest absolute Gasteiger partial charge is 0.148 e. The van der Waals surface area contributed by atoms with E-state index in [4.69, 9.17) is 21.0 Å². The quantitative estimate of drug-likeness (QED) is 0.576. The van der Waals surface area contributed by atoms with Crippen molar-refractivity contribution in [2.75, 3.05) is 25.1 Å². The molecule has 2 rings (SSSR count). The summed E-state index contributed by atoms with van der Waals surface area (Å²) in [5.41, 5.74) is 9.54. The minimum absolute atomic E-state index is 0.0285. The van der Waals surface area contributed by atoms with Gasteiger partial charge in [-0.2, -0.15) is 0 Å². The Hall–Kier alpha value is -2.18. The van der Waals surface area contributed by atoms with Gasteiger partial charge in [0, 0.05) is 48.1 Å². The first kappa shape index (κ1) is 18.2. The third-order valence-electron chi connectivity index (χ3n) is 3.90. The standard InChI is InChI=1S/C18H26N4O2/c1-13(20)16-6-5-14(10-17(16)21-7-8-23)15(11-19)12-22-18-4-2-3-9-24-18/h5-6,10-12,18,20-21,23H,2-4,7-9,19H2,1H3/b15-11+,20-13?,22-12+. The van der Waals surface area contributed by atoms with E-state index in [0.717, 1.165) is 48.3 Å². The Bertz CT molecular complexity index is 619. The van der Waals surface area contributed by atoms with Crippen LogP contribution < -0.4 is 11.1 Å². The van der Waals surface area contributed by atoms with E-state index in [9.17, 15) is 0 Å². The number of nitrogens with zero attached hydrogens (tertiary/aromatic N) is 1. The average molecular weight is 330 g/mol. The van der Waals surface area contributed by atoms with Crippen molar-refractivity contribution in [2.45, 2.75) is 32.4 Å². The summed E-state index contributed by atoms with van der Waals surface area (Å²) in [6.45, 7) is 2.95. The number of aliphatic hydroxyl groups is 1. The van der Waals surface area contributed by atoms with E-state index in [0.29, 0.717) is 12.3 Å². The molecule has 1 fully saturated rings. The summed E-state index contributed by atoms with van der Waals surface area (Å²) in [5, 5.41) is 20.0. The number of hydrogen-bond acceptors (Lipinski definition) is 6. The van der Waals surface area contributed by atoms with E-state index in [1.165, 1.54) is 6.20 Å². The van der Waals surface area contributed by atoms with Gasteiger partial charge in [-0.15, -0.1) is 0 Å². The Labute approximate surface area is 142 Å². The fraction of sp³-hybridized carbons (Fsp3) is 0.444. The van der Waals surface area contributed by atoms with Gasteiger partial charge in [-0.05, 0) is 37.8 Å². The molecule has 6 nitrogen and oxygen atoms in total. The molecule has 6 heteroatoms. The monoisotopic (exact) mass is 330 g/mol. The second-order valence-corrected chi connectivity index (χ2v) is 5.76.